The summed E-state index contributed by atoms with van der Waals surface area (Å²) in [6, 6.07) is 4.47. The second-order valence-corrected chi connectivity index (χ2v) is 12.1. The number of benzene rings is 1. The predicted molar refractivity (Wildman–Crippen MR) is 141 cm³/mol. The monoisotopic (exact) mass is 537 g/mol. The Morgan fingerprint density at radius 2 is 1.65 bits per heavy atom. The highest BCUT2D eigenvalue weighted by Gasteiger charge is 2.52. The van der Waals surface area contributed by atoms with Crippen molar-refractivity contribution >= 4 is 21.8 Å². The van der Waals surface area contributed by atoms with Crippen molar-refractivity contribution in [1.82, 2.24) is 14.7 Å². The lowest BCUT2D eigenvalue weighted by Crippen LogP contribution is -2.54. The molecular formula is C27H43N3O6S. The maximum Gasteiger partial charge on any atom is 0.261 e. The summed E-state index contributed by atoms with van der Waals surface area (Å²) in [5, 5.41) is 9.30. The van der Waals surface area contributed by atoms with Gasteiger partial charge >= 0.3 is 0 Å². The quantitative estimate of drug-likeness (QED) is 0.210. The molecule has 0 radical (unpaired) electrons. The van der Waals surface area contributed by atoms with Crippen molar-refractivity contribution in [2.75, 3.05) is 20.2 Å². The molecule has 3 rings (SSSR count). The SMILES string of the molecule is CCCCCCCCCCCC(=O)N1CC[C@H]2C[C@@H](C(=O)NO)N(S(=O)(=O)c3ccc(OC)cc3)[C@H]2C1. The molecule has 208 valence electrons. The highest BCUT2D eigenvalue weighted by Crippen LogP contribution is 2.40. The zero-order valence-corrected chi connectivity index (χ0v) is 23.0. The van der Waals surface area contributed by atoms with Gasteiger partial charge in [-0.3, -0.25) is 14.8 Å². The Morgan fingerprint density at radius 1 is 1.03 bits per heavy atom. The van der Waals surface area contributed by atoms with Crippen LogP contribution in [0.5, 0.6) is 5.75 Å². The van der Waals surface area contributed by atoms with E-state index in [1.54, 1.807) is 22.5 Å². The standard InChI is InChI=1S/C27H43N3O6S/c1-3-4-5-6-7-8-9-10-11-12-26(31)29-18-17-21-19-24(27(32)28-33)30(25(21)20-29)37(34,35)23-15-13-22(36-2)14-16-23/h13-16,21,24-25,33H,3-12,17-20H2,1-2H3,(H,28,32)/t21-,24-,25-/m0/s1. The summed E-state index contributed by atoms with van der Waals surface area (Å²) in [6.45, 7) is 3.03. The smallest absolute Gasteiger partial charge is 0.261 e. The van der Waals surface area contributed by atoms with Gasteiger partial charge in [-0.25, -0.2) is 13.9 Å². The van der Waals surface area contributed by atoms with Gasteiger partial charge in [0.25, 0.3) is 5.91 Å². The van der Waals surface area contributed by atoms with Crippen LogP contribution in [0.3, 0.4) is 0 Å². The largest absolute Gasteiger partial charge is 0.497 e. The molecule has 2 aliphatic heterocycles. The number of fused-ring (bicyclic) bond motifs is 1. The van der Waals surface area contributed by atoms with Gasteiger partial charge in [0.05, 0.1) is 12.0 Å². The molecule has 37 heavy (non-hydrogen) atoms. The number of rotatable bonds is 14. The number of piperidine rings is 1. The number of nitrogens with zero attached hydrogens (tertiary/aromatic N) is 2. The molecular weight excluding hydrogens is 494 g/mol. The Labute approximate surface area is 221 Å². The summed E-state index contributed by atoms with van der Waals surface area (Å²) < 4.78 is 33.7. The number of hydrogen-bond acceptors (Lipinski definition) is 6. The van der Waals surface area contributed by atoms with E-state index in [4.69, 9.17) is 4.74 Å². The molecule has 0 aliphatic carbocycles. The van der Waals surface area contributed by atoms with Gasteiger partial charge in [0.15, 0.2) is 0 Å². The van der Waals surface area contributed by atoms with E-state index in [0.717, 1.165) is 19.3 Å². The van der Waals surface area contributed by atoms with E-state index in [9.17, 15) is 23.2 Å². The Balaban J connectivity index is 1.61. The van der Waals surface area contributed by atoms with Crippen molar-refractivity contribution in [2.24, 2.45) is 5.92 Å². The first-order valence-electron chi connectivity index (χ1n) is 13.7. The van der Waals surface area contributed by atoms with Crippen molar-refractivity contribution in [1.29, 1.82) is 0 Å². The van der Waals surface area contributed by atoms with Crippen LogP contribution >= 0.6 is 0 Å². The summed E-state index contributed by atoms with van der Waals surface area (Å²) >= 11 is 0. The van der Waals surface area contributed by atoms with Crippen molar-refractivity contribution in [3.63, 3.8) is 0 Å². The zero-order valence-electron chi connectivity index (χ0n) is 22.2. The van der Waals surface area contributed by atoms with E-state index in [0.29, 0.717) is 31.6 Å². The number of sulfonamides is 1. The molecule has 0 saturated carbocycles. The topological polar surface area (TPSA) is 116 Å². The normalized spacial score (nSPS) is 22.0. The second kappa shape index (κ2) is 14.1. The Morgan fingerprint density at radius 3 is 2.24 bits per heavy atom. The number of amides is 2. The minimum Gasteiger partial charge on any atom is -0.497 e. The first-order chi connectivity index (χ1) is 17.8. The average molecular weight is 538 g/mol. The lowest BCUT2D eigenvalue weighted by atomic mass is 9.91. The van der Waals surface area contributed by atoms with Crippen LogP contribution in [0, 0.1) is 5.92 Å². The van der Waals surface area contributed by atoms with Crippen LogP contribution in [0.25, 0.3) is 0 Å². The molecule has 0 aromatic heterocycles. The lowest BCUT2D eigenvalue weighted by molar-refractivity contribution is -0.133. The van der Waals surface area contributed by atoms with E-state index in [-0.39, 0.29) is 23.3 Å². The molecule has 2 N–H and O–H groups in total. The molecule has 2 heterocycles. The number of hydrogen-bond donors (Lipinski definition) is 2. The van der Waals surface area contributed by atoms with E-state index in [1.165, 1.54) is 62.1 Å². The molecule has 9 nitrogen and oxygen atoms in total. The molecule has 0 bridgehead atoms. The number of carbonyl (C=O) groups excluding carboxylic acids is 2. The van der Waals surface area contributed by atoms with Gasteiger partial charge < -0.3 is 9.64 Å². The highest BCUT2D eigenvalue weighted by atomic mass is 32.2. The molecule has 1 aromatic carbocycles. The summed E-state index contributed by atoms with van der Waals surface area (Å²) in [7, 11) is -2.56. The molecule has 2 amide bonds. The Hall–Kier alpha value is -2.17. The molecule has 0 spiro atoms. The van der Waals surface area contributed by atoms with Crippen LogP contribution in [0.15, 0.2) is 29.2 Å². The Bertz CT molecular complexity index is 984. The van der Waals surface area contributed by atoms with E-state index in [2.05, 4.69) is 6.92 Å². The van der Waals surface area contributed by atoms with Gasteiger partial charge in [0, 0.05) is 25.6 Å². The third kappa shape index (κ3) is 7.45. The number of hydroxylamine groups is 1. The van der Waals surface area contributed by atoms with Crippen molar-refractivity contribution in [3.05, 3.63) is 24.3 Å². The van der Waals surface area contributed by atoms with Crippen molar-refractivity contribution in [2.45, 2.75) is 101 Å². The first-order valence-corrected chi connectivity index (χ1v) is 15.2. The fourth-order valence-corrected chi connectivity index (χ4v) is 7.48. The molecule has 2 saturated heterocycles. The minimum atomic E-state index is -4.06. The number of methoxy groups -OCH3 is 1. The van der Waals surface area contributed by atoms with Crippen LogP contribution < -0.4 is 10.2 Å². The summed E-state index contributed by atoms with van der Waals surface area (Å²) in [6.07, 6.45) is 12.0. The van der Waals surface area contributed by atoms with Gasteiger partial charge in [-0.1, -0.05) is 58.3 Å². The minimum absolute atomic E-state index is 0.0400. The van der Waals surface area contributed by atoms with E-state index < -0.39 is 28.0 Å². The number of likely N-dealkylation sites (tertiary alicyclic amines) is 1. The fourth-order valence-electron chi connectivity index (χ4n) is 5.65. The van der Waals surface area contributed by atoms with Crippen molar-refractivity contribution < 1.29 is 28.0 Å². The Kier molecular flexibility index (Phi) is 11.2. The summed E-state index contributed by atoms with van der Waals surface area (Å²) in [5.41, 5.74) is 1.64. The van der Waals surface area contributed by atoms with Gasteiger partial charge in [-0.05, 0) is 49.4 Å². The van der Waals surface area contributed by atoms with E-state index in [1.807, 2.05) is 0 Å². The van der Waals surface area contributed by atoms with Crippen LogP contribution in [-0.2, 0) is 19.6 Å². The fraction of sp³-hybridized carbons (Fsp3) is 0.704. The maximum atomic E-state index is 13.7. The number of unbranched alkanes of at least 4 members (excludes halogenated alkanes) is 8. The molecule has 0 unspecified atom stereocenters. The third-order valence-corrected chi connectivity index (χ3v) is 9.72. The third-order valence-electron chi connectivity index (χ3n) is 7.78. The lowest BCUT2D eigenvalue weighted by Gasteiger charge is -2.38. The molecule has 2 aliphatic rings. The number of ether oxygens (including phenoxy) is 1. The summed E-state index contributed by atoms with van der Waals surface area (Å²) in [4.78, 5) is 27.3. The summed E-state index contributed by atoms with van der Waals surface area (Å²) in [5.74, 6) is -0.252. The molecule has 1 aromatic rings. The van der Waals surface area contributed by atoms with Gasteiger partial charge in [0.2, 0.25) is 15.9 Å². The molecule has 2 fully saturated rings. The second-order valence-electron chi connectivity index (χ2n) is 10.3. The molecule has 10 heteroatoms. The van der Waals surface area contributed by atoms with Gasteiger partial charge in [-0.15, -0.1) is 0 Å². The van der Waals surface area contributed by atoms with Crippen LogP contribution in [-0.4, -0.2) is 66.9 Å². The van der Waals surface area contributed by atoms with Crippen LogP contribution in [0.1, 0.15) is 84.0 Å². The predicted octanol–water partition coefficient (Wildman–Crippen LogP) is 4.10. The number of carbonyl (C=O) groups is 2. The van der Waals surface area contributed by atoms with Crippen molar-refractivity contribution in [3.8, 4) is 5.75 Å². The average Bonchev–Trinajstić information content (AvgIpc) is 3.31. The maximum absolute atomic E-state index is 13.7. The first kappa shape index (κ1) is 29.4. The van der Waals surface area contributed by atoms with Crippen LogP contribution in [0.4, 0.5) is 0 Å². The molecule has 3 atom stereocenters. The van der Waals surface area contributed by atoms with Gasteiger partial charge in [0.1, 0.15) is 11.8 Å². The number of nitrogens with one attached hydrogen (secondary N) is 1. The zero-order chi connectivity index (χ0) is 26.8. The van der Waals surface area contributed by atoms with Gasteiger partial charge in [-0.2, -0.15) is 4.31 Å². The highest BCUT2D eigenvalue weighted by molar-refractivity contribution is 7.89. The van der Waals surface area contributed by atoms with Crippen LogP contribution in [0.2, 0.25) is 0 Å². The van der Waals surface area contributed by atoms with E-state index >= 15 is 0 Å².